The zero-order chi connectivity index (χ0) is 47.6. The summed E-state index contributed by atoms with van der Waals surface area (Å²) in [6, 6.07) is 24.7. The smallest absolute Gasteiger partial charge is 0.235 e. The van der Waals surface area contributed by atoms with E-state index >= 15 is 0 Å². The van der Waals surface area contributed by atoms with E-state index in [1.165, 1.54) is 22.3 Å². The Kier molecular flexibility index (Phi) is 17.5. The highest BCUT2D eigenvalue weighted by molar-refractivity contribution is 7.70. The first-order valence-electron chi connectivity index (χ1n) is 22.8. The lowest BCUT2D eigenvalue weighted by Crippen LogP contribution is -2.34. The van der Waals surface area contributed by atoms with Crippen molar-refractivity contribution in [3.63, 3.8) is 0 Å². The standard InChI is InChI=1S/2C23H38NO3P.C6H6/c2*1-15(2)18-12-11-13-19(16(3)4)20(18)24-21(28(25,26)27-17(5)6)22(7,8)14-23(24,9)10;1-2-4-6-5-3-1/h2*11-13,15-17H,14H2,1-10H3;1-6H. The van der Waals surface area contributed by atoms with E-state index in [4.69, 9.17) is 9.05 Å². The van der Waals surface area contributed by atoms with Crippen molar-refractivity contribution >= 4 is 37.5 Å². The topological polar surface area (TPSA) is 105 Å². The second-order valence-corrected chi connectivity index (χ2v) is 25.0. The van der Waals surface area contributed by atoms with Gasteiger partial charge in [0.1, 0.15) is 0 Å². The van der Waals surface area contributed by atoms with Crippen LogP contribution in [0.1, 0.15) is 197 Å². The van der Waals surface area contributed by atoms with Crippen LogP contribution in [0.15, 0.2) is 72.8 Å². The minimum absolute atomic E-state index is 0.284. The van der Waals surface area contributed by atoms with Crippen LogP contribution in [-0.2, 0) is 18.2 Å². The SMILES string of the molecule is CC(C)OP(=O)([O-])C1=[N+](c2c(C(C)C)cccc2C(C)C)C(C)(C)CC1(C)C.CC(C)OP(=O)([O-])C1=[N+](c2c(C(C)C)cccc2C(C)C)C(C)(C)CC1(C)C.c1ccccc1. The molecule has 8 nitrogen and oxygen atoms in total. The third kappa shape index (κ3) is 12.3. The van der Waals surface area contributed by atoms with E-state index in [1.807, 2.05) is 64.1 Å². The molecule has 3 aromatic carbocycles. The summed E-state index contributed by atoms with van der Waals surface area (Å²) in [5.41, 5.74) is 5.94. The number of rotatable bonds is 12. The van der Waals surface area contributed by atoms with Crippen LogP contribution in [0, 0.1) is 10.8 Å². The maximum Gasteiger partial charge on any atom is 0.235 e. The maximum atomic E-state index is 13.4. The van der Waals surface area contributed by atoms with Crippen molar-refractivity contribution in [2.45, 2.75) is 198 Å². The molecule has 0 bridgehead atoms. The Morgan fingerprint density at radius 3 is 0.871 bits per heavy atom. The predicted molar refractivity (Wildman–Crippen MR) is 258 cm³/mol. The van der Waals surface area contributed by atoms with Crippen molar-refractivity contribution in [2.24, 2.45) is 10.8 Å². The van der Waals surface area contributed by atoms with Crippen LogP contribution in [0.25, 0.3) is 0 Å². The largest absolute Gasteiger partial charge is 0.771 e. The lowest BCUT2D eigenvalue weighted by Gasteiger charge is -2.30. The summed E-state index contributed by atoms with van der Waals surface area (Å²) in [4.78, 5) is 26.8. The van der Waals surface area contributed by atoms with Gasteiger partial charge in [-0.25, -0.2) is 0 Å². The Bertz CT molecular complexity index is 1940. The van der Waals surface area contributed by atoms with Gasteiger partial charge >= 0.3 is 0 Å². The quantitative estimate of drug-likeness (QED) is 0.132. The molecule has 0 aromatic heterocycles. The zero-order valence-corrected chi connectivity index (χ0v) is 43.8. The van der Waals surface area contributed by atoms with Crippen molar-refractivity contribution in [3.05, 3.63) is 95.1 Å². The van der Waals surface area contributed by atoms with E-state index in [9.17, 15) is 18.9 Å². The van der Waals surface area contributed by atoms with Gasteiger partial charge in [0.15, 0.2) is 11.1 Å². The van der Waals surface area contributed by atoms with Crippen LogP contribution >= 0.6 is 15.2 Å². The van der Waals surface area contributed by atoms with Gasteiger partial charge in [-0.05, 0) is 79.1 Å². The van der Waals surface area contributed by atoms with Gasteiger partial charge in [0.05, 0.1) is 23.0 Å². The van der Waals surface area contributed by atoms with Gasteiger partial charge in [0.2, 0.25) is 37.5 Å². The summed E-state index contributed by atoms with van der Waals surface area (Å²) < 4.78 is 42.1. The molecule has 5 rings (SSSR count). The van der Waals surface area contributed by atoms with Gasteiger partial charge in [-0.2, -0.15) is 9.15 Å². The number of para-hydroxylation sites is 2. The lowest BCUT2D eigenvalue weighted by molar-refractivity contribution is -0.516. The van der Waals surface area contributed by atoms with Crippen LogP contribution in [-0.4, -0.2) is 43.3 Å². The second-order valence-electron chi connectivity index (χ2n) is 21.7. The van der Waals surface area contributed by atoms with Crippen LogP contribution in [0.4, 0.5) is 11.4 Å². The molecule has 3 aromatic rings. The molecule has 2 unspecified atom stereocenters. The molecule has 2 aliphatic rings. The lowest BCUT2D eigenvalue weighted by atomic mass is 9.84. The van der Waals surface area contributed by atoms with Crippen LogP contribution < -0.4 is 9.79 Å². The fourth-order valence-corrected chi connectivity index (χ4v) is 14.2. The van der Waals surface area contributed by atoms with Crippen molar-refractivity contribution in [1.29, 1.82) is 0 Å². The Morgan fingerprint density at radius 1 is 0.452 bits per heavy atom. The average Bonchev–Trinajstić information content (AvgIpc) is 3.45. The first-order valence-corrected chi connectivity index (χ1v) is 25.9. The Hall–Kier alpha value is -2.70. The Morgan fingerprint density at radius 2 is 0.677 bits per heavy atom. The Balaban J connectivity index is 0.000000290. The first kappa shape index (κ1) is 53.6. The summed E-state index contributed by atoms with van der Waals surface area (Å²) in [5.74, 6) is 1.14. The van der Waals surface area contributed by atoms with E-state index in [2.05, 4.69) is 129 Å². The van der Waals surface area contributed by atoms with Crippen LogP contribution in [0.3, 0.4) is 0 Å². The number of hydrogen-bond acceptors (Lipinski definition) is 6. The molecule has 62 heavy (non-hydrogen) atoms. The second kappa shape index (κ2) is 20.2. The Labute approximate surface area is 377 Å². The van der Waals surface area contributed by atoms with Crippen molar-refractivity contribution in [2.75, 3.05) is 0 Å². The van der Waals surface area contributed by atoms with Crippen LogP contribution in [0.2, 0.25) is 0 Å². The van der Waals surface area contributed by atoms with Gasteiger partial charge in [0.25, 0.3) is 0 Å². The summed E-state index contributed by atoms with van der Waals surface area (Å²) in [6.45, 7) is 41.0. The summed E-state index contributed by atoms with van der Waals surface area (Å²) in [6.07, 6.45) is 0.712. The molecule has 0 fully saturated rings. The molecule has 0 amide bonds. The monoisotopic (exact) mass is 893 g/mol. The summed E-state index contributed by atoms with van der Waals surface area (Å²) in [5, 5.41) is 0. The molecule has 0 radical (unpaired) electrons. The van der Waals surface area contributed by atoms with Crippen molar-refractivity contribution < 1.29 is 37.1 Å². The molecular formula is C52H82N2O6P2. The summed E-state index contributed by atoms with van der Waals surface area (Å²) in [7, 11) is -8.45. The average molecular weight is 893 g/mol. The maximum absolute atomic E-state index is 13.4. The minimum Gasteiger partial charge on any atom is -0.771 e. The molecule has 2 aliphatic heterocycles. The van der Waals surface area contributed by atoms with E-state index < -0.39 is 26.0 Å². The van der Waals surface area contributed by atoms with Crippen molar-refractivity contribution in [1.82, 2.24) is 0 Å². The molecule has 10 heteroatoms. The van der Waals surface area contributed by atoms with E-state index in [0.717, 1.165) is 24.2 Å². The number of hydrogen-bond donors (Lipinski definition) is 0. The molecule has 0 aliphatic carbocycles. The molecule has 346 valence electrons. The molecule has 0 N–H and O–H groups in total. The van der Waals surface area contributed by atoms with Gasteiger partial charge in [0, 0.05) is 62.8 Å². The molecule has 0 saturated heterocycles. The van der Waals surface area contributed by atoms with E-state index in [0.29, 0.717) is 10.9 Å². The zero-order valence-electron chi connectivity index (χ0n) is 42.0. The molecule has 0 saturated carbocycles. The normalized spacial score (nSPS) is 19.8. The first-order chi connectivity index (χ1) is 28.2. The highest BCUT2D eigenvalue weighted by Gasteiger charge is 2.59. The fraction of sp³-hybridized carbons (Fsp3) is 0.615. The van der Waals surface area contributed by atoms with Gasteiger partial charge < -0.3 is 18.8 Å². The van der Waals surface area contributed by atoms with E-state index in [1.54, 1.807) is 27.7 Å². The number of nitrogens with zero attached hydrogens (tertiary/aromatic N) is 2. The van der Waals surface area contributed by atoms with Crippen LogP contribution in [0.5, 0.6) is 0 Å². The highest BCUT2D eigenvalue weighted by atomic mass is 31.2. The minimum atomic E-state index is -4.23. The van der Waals surface area contributed by atoms with Gasteiger partial charge in [-0.1, -0.05) is 128 Å². The molecule has 0 spiro atoms. The third-order valence-corrected chi connectivity index (χ3v) is 15.7. The van der Waals surface area contributed by atoms with Gasteiger partial charge in [-0.15, -0.1) is 0 Å². The molecule has 2 atom stereocenters. The molecular weight excluding hydrogens is 811 g/mol. The predicted octanol–water partition coefficient (Wildman–Crippen LogP) is 14.0. The number of benzene rings is 3. The van der Waals surface area contributed by atoms with Gasteiger partial charge in [-0.3, -0.25) is 9.13 Å². The fourth-order valence-electron chi connectivity index (χ4n) is 10.0. The van der Waals surface area contributed by atoms with Crippen molar-refractivity contribution in [3.8, 4) is 0 Å². The molecule has 2 heterocycles. The highest BCUT2D eigenvalue weighted by Crippen LogP contribution is 2.58. The summed E-state index contributed by atoms with van der Waals surface area (Å²) >= 11 is 0. The third-order valence-electron chi connectivity index (χ3n) is 11.6. The van der Waals surface area contributed by atoms with E-state index in [-0.39, 0.29) is 47.0 Å².